The standard InChI is InChI=1S/C16H17F6NO4S2/c1-8-10(3)14(23)11(4)9(2)12(8)6-5-7-13(28(24,25)15(17,18)19)29(26,27)16(20,21)22/h5-7H,23H2,1-4H3. The van der Waals surface area contributed by atoms with Gasteiger partial charge in [0.2, 0.25) is 0 Å². The summed E-state index contributed by atoms with van der Waals surface area (Å²) >= 11 is 0. The van der Waals surface area contributed by atoms with Gasteiger partial charge in [-0.2, -0.15) is 26.3 Å². The molecule has 0 amide bonds. The quantitative estimate of drug-likeness (QED) is 0.408. The van der Waals surface area contributed by atoms with Crippen LogP contribution in [0, 0.1) is 27.7 Å². The van der Waals surface area contributed by atoms with Crippen LogP contribution in [-0.2, 0) is 19.7 Å². The molecule has 5 nitrogen and oxygen atoms in total. The minimum Gasteiger partial charge on any atom is -0.398 e. The number of sulfone groups is 2. The summed E-state index contributed by atoms with van der Waals surface area (Å²) in [5, 5.41) is 0. The van der Waals surface area contributed by atoms with Gasteiger partial charge in [0.05, 0.1) is 0 Å². The molecular formula is C16H17F6NO4S2. The molecule has 0 saturated heterocycles. The number of rotatable bonds is 4. The molecule has 13 heteroatoms. The first-order valence-corrected chi connectivity index (χ1v) is 10.6. The molecular weight excluding hydrogens is 448 g/mol. The second kappa shape index (κ2) is 7.67. The lowest BCUT2D eigenvalue weighted by molar-refractivity contribution is -0.0444. The highest BCUT2D eigenvalue weighted by atomic mass is 32.3. The van der Waals surface area contributed by atoms with Gasteiger partial charge in [-0.25, -0.2) is 16.8 Å². The number of nitrogens with two attached hydrogens (primary N) is 1. The van der Waals surface area contributed by atoms with Gasteiger partial charge in [-0.3, -0.25) is 0 Å². The number of halogens is 6. The number of nitrogen functional groups attached to an aromatic ring is 1. The van der Waals surface area contributed by atoms with Gasteiger partial charge in [0, 0.05) is 5.69 Å². The van der Waals surface area contributed by atoms with Crippen molar-refractivity contribution in [2.75, 3.05) is 5.73 Å². The number of anilines is 1. The third-order valence-corrected chi connectivity index (χ3v) is 8.24. The summed E-state index contributed by atoms with van der Waals surface area (Å²) < 4.78 is 119. The number of benzene rings is 1. The van der Waals surface area contributed by atoms with E-state index in [1.54, 1.807) is 27.7 Å². The second-order valence-corrected chi connectivity index (χ2v) is 10.1. The van der Waals surface area contributed by atoms with Gasteiger partial charge in [-0.1, -0.05) is 12.2 Å². The van der Waals surface area contributed by atoms with Crippen LogP contribution in [0.25, 0.3) is 6.08 Å². The molecule has 0 atom stereocenters. The highest BCUT2D eigenvalue weighted by molar-refractivity contribution is 8.15. The molecule has 0 unspecified atom stereocenters. The van der Waals surface area contributed by atoms with E-state index >= 15 is 0 Å². The van der Waals surface area contributed by atoms with E-state index in [2.05, 4.69) is 0 Å². The van der Waals surface area contributed by atoms with E-state index in [9.17, 15) is 43.2 Å². The average molecular weight is 465 g/mol. The van der Waals surface area contributed by atoms with Gasteiger partial charge in [0.1, 0.15) is 0 Å². The third kappa shape index (κ3) is 4.44. The van der Waals surface area contributed by atoms with Crippen molar-refractivity contribution in [2.45, 2.75) is 38.7 Å². The Hall–Kier alpha value is -2.02. The van der Waals surface area contributed by atoms with Crippen LogP contribution in [0.3, 0.4) is 0 Å². The van der Waals surface area contributed by atoms with Gasteiger partial charge >= 0.3 is 11.0 Å². The summed E-state index contributed by atoms with van der Waals surface area (Å²) in [7, 11) is -13.6. The molecule has 0 aliphatic carbocycles. The number of allylic oxidation sites excluding steroid dienone is 2. The number of hydrogen-bond acceptors (Lipinski definition) is 5. The van der Waals surface area contributed by atoms with Crippen molar-refractivity contribution in [3.8, 4) is 0 Å². The largest absolute Gasteiger partial charge is 0.502 e. The lowest BCUT2D eigenvalue weighted by atomic mass is 9.92. The molecule has 29 heavy (non-hydrogen) atoms. The molecule has 0 aromatic heterocycles. The first-order valence-electron chi connectivity index (χ1n) is 7.65. The van der Waals surface area contributed by atoms with E-state index in [0.717, 1.165) is 6.08 Å². The van der Waals surface area contributed by atoms with E-state index in [1.807, 2.05) is 0 Å². The zero-order valence-corrected chi connectivity index (χ0v) is 17.2. The fraction of sp³-hybridized carbons (Fsp3) is 0.375. The normalized spacial score (nSPS) is 13.7. The van der Waals surface area contributed by atoms with Crippen LogP contribution >= 0.6 is 0 Å². The fourth-order valence-corrected chi connectivity index (χ4v) is 5.09. The van der Waals surface area contributed by atoms with Crippen molar-refractivity contribution in [3.05, 3.63) is 44.2 Å². The lowest BCUT2D eigenvalue weighted by Crippen LogP contribution is -2.34. The Labute approximate surface area is 163 Å². The summed E-state index contributed by atoms with van der Waals surface area (Å²) in [6.07, 6.45) is 1.29. The van der Waals surface area contributed by atoms with Crippen LogP contribution in [0.5, 0.6) is 0 Å². The Morgan fingerprint density at radius 2 is 1.10 bits per heavy atom. The van der Waals surface area contributed by atoms with Crippen LogP contribution in [0.1, 0.15) is 27.8 Å². The predicted octanol–water partition coefficient (Wildman–Crippen LogP) is 4.23. The van der Waals surface area contributed by atoms with Gasteiger partial charge in [-0.15, -0.1) is 0 Å². The fourth-order valence-electron chi connectivity index (χ4n) is 2.40. The zero-order valence-electron chi connectivity index (χ0n) is 15.5. The van der Waals surface area contributed by atoms with Gasteiger partial charge < -0.3 is 5.73 Å². The third-order valence-electron chi connectivity index (χ3n) is 4.38. The molecule has 0 saturated carbocycles. The first kappa shape index (κ1) is 25.0. The van der Waals surface area contributed by atoms with Gasteiger partial charge in [-0.05, 0) is 61.6 Å². The topological polar surface area (TPSA) is 94.3 Å². The zero-order chi connectivity index (χ0) is 23.2. The van der Waals surface area contributed by atoms with Crippen LogP contribution in [0.2, 0.25) is 0 Å². The van der Waals surface area contributed by atoms with E-state index in [0.29, 0.717) is 39.6 Å². The summed E-state index contributed by atoms with van der Waals surface area (Å²) in [6.45, 7) is 6.44. The molecule has 0 radical (unpaired) electrons. The number of hydrogen-bond donors (Lipinski definition) is 1. The van der Waals surface area contributed by atoms with Crippen molar-refractivity contribution >= 4 is 31.4 Å². The minimum absolute atomic E-state index is 0.231. The molecule has 0 bridgehead atoms. The van der Waals surface area contributed by atoms with E-state index in [1.165, 1.54) is 0 Å². The Morgan fingerprint density at radius 3 is 1.41 bits per heavy atom. The maximum Gasteiger partial charge on any atom is 0.502 e. The monoisotopic (exact) mass is 465 g/mol. The van der Waals surface area contributed by atoms with Crippen molar-refractivity contribution in [1.82, 2.24) is 0 Å². The van der Waals surface area contributed by atoms with E-state index < -0.39 is 34.9 Å². The van der Waals surface area contributed by atoms with Crippen molar-refractivity contribution in [2.24, 2.45) is 0 Å². The molecule has 0 fully saturated rings. The molecule has 1 aromatic rings. The Balaban J connectivity index is 3.78. The second-order valence-electron chi connectivity index (χ2n) is 6.07. The molecule has 1 aromatic carbocycles. The summed E-state index contributed by atoms with van der Waals surface area (Å²) in [4.78, 5) is 0. The SMILES string of the molecule is Cc1c(C)c(C=CC=C(S(=O)(=O)C(F)(F)F)S(=O)(=O)C(F)(F)F)c(C)c(C)c1N. The molecule has 0 aliphatic rings. The van der Waals surface area contributed by atoms with Crippen molar-refractivity contribution in [1.29, 1.82) is 0 Å². The molecule has 0 heterocycles. The predicted molar refractivity (Wildman–Crippen MR) is 96.9 cm³/mol. The highest BCUT2D eigenvalue weighted by Crippen LogP contribution is 2.39. The summed E-state index contributed by atoms with van der Waals surface area (Å²) in [6, 6.07) is 0. The molecule has 2 N–H and O–H groups in total. The molecule has 0 aliphatic heterocycles. The van der Waals surface area contributed by atoms with Crippen LogP contribution in [0.4, 0.5) is 32.0 Å². The maximum absolute atomic E-state index is 12.7. The van der Waals surface area contributed by atoms with Crippen LogP contribution in [-0.4, -0.2) is 27.9 Å². The average Bonchev–Trinajstić information content (AvgIpc) is 2.55. The maximum atomic E-state index is 12.7. The summed E-state index contributed by atoms with van der Waals surface area (Å²) in [5.41, 5.74) is -3.54. The summed E-state index contributed by atoms with van der Waals surface area (Å²) in [5.74, 6) is 0. The molecule has 0 spiro atoms. The van der Waals surface area contributed by atoms with E-state index in [4.69, 9.17) is 5.73 Å². The minimum atomic E-state index is -6.80. The lowest BCUT2D eigenvalue weighted by Gasteiger charge is -2.16. The Morgan fingerprint density at radius 1 is 0.759 bits per heavy atom. The number of alkyl halides is 6. The Bertz CT molecular complexity index is 1020. The highest BCUT2D eigenvalue weighted by Gasteiger charge is 2.59. The first-order chi connectivity index (χ1) is 12.8. The molecule has 1 rings (SSSR count). The molecule has 164 valence electrons. The van der Waals surface area contributed by atoms with Gasteiger partial charge in [0.15, 0.2) is 4.24 Å². The van der Waals surface area contributed by atoms with Crippen molar-refractivity contribution < 1.29 is 43.2 Å². The smallest absolute Gasteiger partial charge is 0.398 e. The van der Waals surface area contributed by atoms with Crippen LogP contribution in [0.15, 0.2) is 16.4 Å². The van der Waals surface area contributed by atoms with Crippen LogP contribution < -0.4 is 5.73 Å². The van der Waals surface area contributed by atoms with E-state index in [-0.39, 0.29) is 6.08 Å². The Kier molecular flexibility index (Phi) is 6.61. The van der Waals surface area contributed by atoms with Crippen molar-refractivity contribution in [3.63, 3.8) is 0 Å². The van der Waals surface area contributed by atoms with Gasteiger partial charge in [0.25, 0.3) is 19.7 Å².